The lowest BCUT2D eigenvalue weighted by Crippen LogP contribution is -2.51. The van der Waals surface area contributed by atoms with E-state index in [2.05, 4.69) is 15.9 Å². The molecule has 8 heteroatoms. The van der Waals surface area contributed by atoms with Gasteiger partial charge in [-0.2, -0.15) is 0 Å². The van der Waals surface area contributed by atoms with Crippen molar-refractivity contribution >= 4 is 56.6 Å². The molecule has 0 bridgehead atoms. The highest BCUT2D eigenvalue weighted by Gasteiger charge is 2.74. The van der Waals surface area contributed by atoms with Gasteiger partial charge in [-0.3, -0.25) is 19.2 Å². The number of ketones is 2. The van der Waals surface area contributed by atoms with Gasteiger partial charge in [0.1, 0.15) is 0 Å². The molecule has 2 amide bonds. The number of hydrogen-bond acceptors (Lipinski definition) is 5. The molecule has 0 aromatic heterocycles. The van der Waals surface area contributed by atoms with Crippen LogP contribution in [-0.2, 0) is 14.3 Å². The zero-order valence-corrected chi connectivity index (χ0v) is 19.7. The lowest BCUT2D eigenvalue weighted by atomic mass is 9.77. The second kappa shape index (κ2) is 7.43. The molecular weight excluding hydrogens is 522 g/mol. The Morgan fingerprint density at radius 1 is 0.824 bits per heavy atom. The molecule has 6 rings (SSSR count). The maximum Gasteiger partial charge on any atom is 0.241 e. The number of amides is 2. The van der Waals surface area contributed by atoms with Crippen molar-refractivity contribution in [2.24, 2.45) is 11.8 Å². The molecule has 0 N–H and O–H groups in total. The van der Waals surface area contributed by atoms with Crippen LogP contribution in [0.5, 0.6) is 0 Å². The monoisotopic (exact) mass is 535 g/mol. The largest absolute Gasteiger partial charge is 0.349 e. The van der Waals surface area contributed by atoms with Crippen molar-refractivity contribution < 1.29 is 23.9 Å². The van der Waals surface area contributed by atoms with Gasteiger partial charge in [-0.1, -0.05) is 63.9 Å². The van der Waals surface area contributed by atoms with Crippen LogP contribution < -0.4 is 4.90 Å². The first-order valence-corrected chi connectivity index (χ1v) is 11.8. The second-order valence-electron chi connectivity index (χ2n) is 8.52. The maximum absolute atomic E-state index is 13.8. The van der Waals surface area contributed by atoms with Gasteiger partial charge in [0, 0.05) is 20.6 Å². The molecule has 1 aliphatic carbocycles. The summed E-state index contributed by atoms with van der Waals surface area (Å²) in [5.41, 5.74) is -0.767. The summed E-state index contributed by atoms with van der Waals surface area (Å²) in [7, 11) is 0. The molecule has 3 aromatic carbocycles. The molecule has 3 atom stereocenters. The van der Waals surface area contributed by atoms with Gasteiger partial charge in [0.05, 0.1) is 23.6 Å². The molecule has 1 spiro atoms. The van der Waals surface area contributed by atoms with Crippen LogP contribution in [0.15, 0.2) is 77.3 Å². The topological polar surface area (TPSA) is 80.8 Å². The van der Waals surface area contributed by atoms with Crippen molar-refractivity contribution in [1.82, 2.24) is 0 Å². The maximum atomic E-state index is 13.8. The van der Waals surface area contributed by atoms with E-state index in [0.717, 1.165) is 9.37 Å². The van der Waals surface area contributed by atoms with E-state index in [1.54, 1.807) is 66.7 Å². The molecular formula is C26H15BrClNO5. The number of fused-ring (bicyclic) bond motifs is 3. The van der Waals surface area contributed by atoms with Crippen molar-refractivity contribution in [2.45, 2.75) is 11.7 Å². The van der Waals surface area contributed by atoms with Crippen molar-refractivity contribution in [3.63, 3.8) is 0 Å². The minimum Gasteiger partial charge on any atom is -0.349 e. The van der Waals surface area contributed by atoms with Gasteiger partial charge in [0.2, 0.25) is 29.0 Å². The van der Waals surface area contributed by atoms with Crippen molar-refractivity contribution in [2.75, 3.05) is 4.90 Å². The summed E-state index contributed by atoms with van der Waals surface area (Å²) >= 11 is 9.41. The average molecular weight is 537 g/mol. The fourth-order valence-corrected chi connectivity index (χ4v) is 5.89. The normalized spacial score (nSPS) is 24.8. The van der Waals surface area contributed by atoms with Gasteiger partial charge in [-0.25, -0.2) is 4.90 Å². The Morgan fingerprint density at radius 3 is 2.09 bits per heavy atom. The van der Waals surface area contributed by atoms with Gasteiger partial charge in [-0.15, -0.1) is 0 Å². The zero-order chi connectivity index (χ0) is 23.8. The highest BCUT2D eigenvalue weighted by Crippen LogP contribution is 2.57. The smallest absolute Gasteiger partial charge is 0.241 e. The molecule has 6 nitrogen and oxygen atoms in total. The molecule has 168 valence electrons. The summed E-state index contributed by atoms with van der Waals surface area (Å²) in [6.45, 7) is 0. The van der Waals surface area contributed by atoms with Crippen molar-refractivity contribution in [1.29, 1.82) is 0 Å². The lowest BCUT2D eigenvalue weighted by Gasteiger charge is -2.27. The van der Waals surface area contributed by atoms with E-state index in [4.69, 9.17) is 16.3 Å². The average Bonchev–Trinajstić information content (AvgIpc) is 3.40. The van der Waals surface area contributed by atoms with Crippen LogP contribution in [0.1, 0.15) is 32.4 Å². The summed E-state index contributed by atoms with van der Waals surface area (Å²) in [6.07, 6.45) is -0.960. The number of carbonyl (C=O) groups excluding carboxylic acids is 4. The third kappa shape index (κ3) is 2.72. The number of benzene rings is 3. The number of halogens is 2. The first kappa shape index (κ1) is 21.4. The van der Waals surface area contributed by atoms with Gasteiger partial charge < -0.3 is 4.74 Å². The molecule has 3 aliphatic rings. The van der Waals surface area contributed by atoms with E-state index < -0.39 is 46.9 Å². The SMILES string of the molecule is O=C1[C@@H]2[C@@H](c3cccc(Br)c3)OC3(C(=O)c4ccccc4C3=O)[C@@H]2C(=O)N1c1ccc(Cl)cc1. The van der Waals surface area contributed by atoms with Gasteiger partial charge in [-0.05, 0) is 42.0 Å². The second-order valence-corrected chi connectivity index (χ2v) is 9.88. The van der Waals surface area contributed by atoms with E-state index in [1.807, 2.05) is 6.07 Å². The van der Waals surface area contributed by atoms with Crippen molar-refractivity contribution in [3.05, 3.63) is 99.0 Å². The highest BCUT2D eigenvalue weighted by atomic mass is 79.9. The Hall–Kier alpha value is -3.13. The summed E-state index contributed by atoms with van der Waals surface area (Å²) in [6, 6.07) is 19.8. The van der Waals surface area contributed by atoms with E-state index >= 15 is 0 Å². The third-order valence-corrected chi connectivity index (χ3v) is 7.53. The zero-order valence-electron chi connectivity index (χ0n) is 17.4. The molecule has 2 fully saturated rings. The van der Waals surface area contributed by atoms with Crippen LogP contribution in [0, 0.1) is 11.8 Å². The van der Waals surface area contributed by atoms with Crippen LogP contribution >= 0.6 is 27.5 Å². The van der Waals surface area contributed by atoms with Gasteiger partial charge in [0.15, 0.2) is 0 Å². The Morgan fingerprint density at radius 2 is 1.47 bits per heavy atom. The van der Waals surface area contributed by atoms with Gasteiger partial charge >= 0.3 is 0 Å². The first-order valence-electron chi connectivity index (χ1n) is 10.6. The van der Waals surface area contributed by atoms with Crippen LogP contribution in [0.3, 0.4) is 0 Å². The highest BCUT2D eigenvalue weighted by molar-refractivity contribution is 9.10. The third-order valence-electron chi connectivity index (χ3n) is 6.78. The Balaban J connectivity index is 1.55. The van der Waals surface area contributed by atoms with E-state index in [1.165, 1.54) is 0 Å². The summed E-state index contributed by atoms with van der Waals surface area (Å²) < 4.78 is 7.00. The quantitative estimate of drug-likeness (QED) is 0.347. The lowest BCUT2D eigenvalue weighted by molar-refractivity contribution is -0.127. The van der Waals surface area contributed by atoms with Gasteiger partial charge in [0.25, 0.3) is 0 Å². The van der Waals surface area contributed by atoms with Crippen LogP contribution in [-0.4, -0.2) is 29.0 Å². The Bertz CT molecular complexity index is 1380. The van der Waals surface area contributed by atoms with Crippen LogP contribution in [0.2, 0.25) is 5.02 Å². The summed E-state index contributed by atoms with van der Waals surface area (Å²) in [4.78, 5) is 56.0. The molecule has 0 unspecified atom stereocenters. The molecule has 3 aromatic rings. The first-order chi connectivity index (χ1) is 16.3. The van der Waals surface area contributed by atoms with E-state index in [0.29, 0.717) is 16.3 Å². The summed E-state index contributed by atoms with van der Waals surface area (Å²) in [5.74, 6) is -4.65. The van der Waals surface area contributed by atoms with E-state index in [9.17, 15) is 19.2 Å². The predicted molar refractivity (Wildman–Crippen MR) is 127 cm³/mol. The number of rotatable bonds is 2. The number of ether oxygens (including phenoxy) is 1. The standard InChI is InChI=1S/C26H15BrClNO5/c27-14-5-3-4-13(12-14)21-19-20(25(33)29(24(19)32)16-10-8-15(28)9-11-16)26(34-21)22(30)17-6-1-2-7-18(17)23(26)31/h1-12,19-21H/t19-,20-,21+/m0/s1. The number of imide groups is 1. The predicted octanol–water partition coefficient (Wildman–Crippen LogP) is 4.80. The molecule has 34 heavy (non-hydrogen) atoms. The number of hydrogen-bond donors (Lipinski definition) is 0. The Kier molecular flexibility index (Phi) is 4.68. The fourth-order valence-electron chi connectivity index (χ4n) is 5.35. The summed E-state index contributed by atoms with van der Waals surface area (Å²) in [5, 5.41) is 0.450. The number of Topliss-reactive ketones (excluding diaryl/α,β-unsaturated/α-hetero) is 2. The Labute approximate surface area is 207 Å². The van der Waals surface area contributed by atoms with Crippen LogP contribution in [0.25, 0.3) is 0 Å². The van der Waals surface area contributed by atoms with Crippen LogP contribution in [0.4, 0.5) is 5.69 Å². The fraction of sp³-hybridized carbons (Fsp3) is 0.154. The van der Waals surface area contributed by atoms with E-state index in [-0.39, 0.29) is 11.1 Å². The number of anilines is 1. The molecule has 2 saturated heterocycles. The molecule has 0 radical (unpaired) electrons. The van der Waals surface area contributed by atoms with Crippen molar-refractivity contribution in [3.8, 4) is 0 Å². The number of nitrogens with zero attached hydrogens (tertiary/aromatic N) is 1. The molecule has 2 aliphatic heterocycles. The molecule has 0 saturated carbocycles. The number of carbonyl (C=O) groups is 4. The minimum absolute atomic E-state index is 0.200. The molecule has 2 heterocycles. The minimum atomic E-state index is -2.09.